The summed E-state index contributed by atoms with van der Waals surface area (Å²) in [5.74, 6) is -0.662. The van der Waals surface area contributed by atoms with Gasteiger partial charge < -0.3 is 15.8 Å². The van der Waals surface area contributed by atoms with E-state index in [-0.39, 0.29) is 27.7 Å². The lowest BCUT2D eigenvalue weighted by molar-refractivity contribution is -0.0493. The number of nitrogens with one attached hydrogen (secondary N) is 1. The van der Waals surface area contributed by atoms with Crippen LogP contribution in [0.4, 0.5) is 24.5 Å². The van der Waals surface area contributed by atoms with Crippen LogP contribution in [0.1, 0.15) is 5.56 Å². The van der Waals surface area contributed by atoms with E-state index in [1.807, 2.05) is 0 Å². The lowest BCUT2D eigenvalue weighted by atomic mass is 10.1. The third-order valence-corrected chi connectivity index (χ3v) is 2.84. The van der Waals surface area contributed by atoms with Crippen LogP contribution in [0.15, 0.2) is 42.5 Å². The SMILES string of the molecule is NC(=S)c1c(F)cccc1Nc1ccccc1OC(F)F. The first-order chi connectivity index (χ1) is 9.99. The standard InChI is InChI=1S/C14H11F3N2OS/c15-8-4-3-6-10(12(8)13(18)21)19-9-5-1-2-7-11(9)20-14(16)17/h1-7,14,19H,(H2,18,21). The van der Waals surface area contributed by atoms with Crippen LogP contribution in [0.3, 0.4) is 0 Å². The van der Waals surface area contributed by atoms with E-state index in [0.717, 1.165) is 0 Å². The van der Waals surface area contributed by atoms with Crippen molar-refractivity contribution in [1.29, 1.82) is 0 Å². The predicted octanol–water partition coefficient (Wildman–Crippen LogP) is 3.80. The average Bonchev–Trinajstić information content (AvgIpc) is 2.40. The topological polar surface area (TPSA) is 47.3 Å². The molecular formula is C14H11F3N2OS. The minimum absolute atomic E-state index is 0.0133. The molecule has 0 unspecified atom stereocenters. The highest BCUT2D eigenvalue weighted by Crippen LogP contribution is 2.30. The molecule has 0 heterocycles. The zero-order valence-corrected chi connectivity index (χ0v) is 11.5. The van der Waals surface area contributed by atoms with Crippen LogP contribution in [-0.2, 0) is 0 Å². The number of hydrogen-bond acceptors (Lipinski definition) is 3. The largest absolute Gasteiger partial charge is 0.433 e. The molecule has 21 heavy (non-hydrogen) atoms. The lowest BCUT2D eigenvalue weighted by Gasteiger charge is -2.15. The monoisotopic (exact) mass is 312 g/mol. The molecule has 3 N–H and O–H groups in total. The maximum absolute atomic E-state index is 13.8. The molecule has 3 nitrogen and oxygen atoms in total. The van der Waals surface area contributed by atoms with Crippen molar-refractivity contribution in [2.45, 2.75) is 6.61 Å². The Morgan fingerprint density at radius 1 is 1.10 bits per heavy atom. The number of halogens is 3. The molecule has 0 aliphatic rings. The Bertz CT molecular complexity index is 664. The fourth-order valence-corrected chi connectivity index (χ4v) is 2.00. The summed E-state index contributed by atoms with van der Waals surface area (Å²) < 4.78 is 42.9. The van der Waals surface area contributed by atoms with E-state index in [1.54, 1.807) is 12.1 Å². The molecule has 0 aromatic heterocycles. The van der Waals surface area contributed by atoms with E-state index >= 15 is 0 Å². The quantitative estimate of drug-likeness (QED) is 0.824. The molecule has 0 aliphatic carbocycles. The van der Waals surface area contributed by atoms with Gasteiger partial charge in [0.15, 0.2) is 0 Å². The Morgan fingerprint density at radius 2 is 1.76 bits per heavy atom. The second-order valence-corrected chi connectivity index (χ2v) is 4.47. The summed E-state index contributed by atoms with van der Waals surface area (Å²) in [5, 5.41) is 2.80. The molecular weight excluding hydrogens is 301 g/mol. The highest BCUT2D eigenvalue weighted by Gasteiger charge is 2.14. The van der Waals surface area contributed by atoms with E-state index in [1.165, 1.54) is 30.3 Å². The zero-order valence-electron chi connectivity index (χ0n) is 10.6. The summed E-state index contributed by atoms with van der Waals surface area (Å²) in [4.78, 5) is -0.136. The van der Waals surface area contributed by atoms with Gasteiger partial charge in [0.25, 0.3) is 0 Å². The molecule has 0 atom stereocenters. The van der Waals surface area contributed by atoms with Crippen molar-refractivity contribution in [3.05, 3.63) is 53.8 Å². The van der Waals surface area contributed by atoms with E-state index < -0.39 is 12.4 Å². The van der Waals surface area contributed by atoms with Gasteiger partial charge in [0, 0.05) is 0 Å². The van der Waals surface area contributed by atoms with Crippen LogP contribution >= 0.6 is 12.2 Å². The third-order valence-electron chi connectivity index (χ3n) is 2.63. The molecule has 0 fully saturated rings. The normalized spacial score (nSPS) is 10.5. The minimum atomic E-state index is -2.96. The van der Waals surface area contributed by atoms with Gasteiger partial charge >= 0.3 is 6.61 Å². The van der Waals surface area contributed by atoms with Gasteiger partial charge in [-0.2, -0.15) is 8.78 Å². The highest BCUT2D eigenvalue weighted by molar-refractivity contribution is 7.80. The van der Waals surface area contributed by atoms with Crippen molar-refractivity contribution in [2.75, 3.05) is 5.32 Å². The van der Waals surface area contributed by atoms with Crippen LogP contribution in [-0.4, -0.2) is 11.6 Å². The number of anilines is 2. The van der Waals surface area contributed by atoms with Gasteiger partial charge in [0.05, 0.1) is 16.9 Å². The van der Waals surface area contributed by atoms with Gasteiger partial charge in [-0.3, -0.25) is 0 Å². The third kappa shape index (κ3) is 3.63. The highest BCUT2D eigenvalue weighted by atomic mass is 32.1. The summed E-state index contributed by atoms with van der Waals surface area (Å²) in [6.07, 6.45) is 0. The molecule has 110 valence electrons. The van der Waals surface area contributed by atoms with Crippen molar-refractivity contribution < 1.29 is 17.9 Å². The van der Waals surface area contributed by atoms with Crippen LogP contribution in [0, 0.1) is 5.82 Å². The Morgan fingerprint density at radius 3 is 2.43 bits per heavy atom. The molecule has 0 aliphatic heterocycles. The Kier molecular flexibility index (Phi) is 4.64. The maximum atomic E-state index is 13.8. The van der Waals surface area contributed by atoms with Gasteiger partial charge in [0.2, 0.25) is 0 Å². The number of benzene rings is 2. The molecule has 0 radical (unpaired) electrons. The number of thiocarbonyl (C=S) groups is 1. The molecule has 0 saturated heterocycles. The molecule has 0 saturated carbocycles. The van der Waals surface area contributed by atoms with Crippen molar-refractivity contribution in [2.24, 2.45) is 5.73 Å². The Hall–Kier alpha value is -2.28. The van der Waals surface area contributed by atoms with Gasteiger partial charge in [-0.05, 0) is 24.3 Å². The number of hydrogen-bond donors (Lipinski definition) is 2. The molecule has 2 aromatic carbocycles. The molecule has 7 heteroatoms. The van der Waals surface area contributed by atoms with E-state index in [4.69, 9.17) is 18.0 Å². The average molecular weight is 312 g/mol. The number of nitrogens with two attached hydrogens (primary N) is 1. The second-order valence-electron chi connectivity index (χ2n) is 4.03. The molecule has 2 rings (SSSR count). The van der Waals surface area contributed by atoms with Crippen LogP contribution < -0.4 is 15.8 Å². The van der Waals surface area contributed by atoms with Crippen LogP contribution in [0.25, 0.3) is 0 Å². The number of rotatable bonds is 5. The second kappa shape index (κ2) is 6.45. The first-order valence-electron chi connectivity index (χ1n) is 5.88. The van der Waals surface area contributed by atoms with Crippen molar-refractivity contribution in [1.82, 2.24) is 0 Å². The number of alkyl halides is 2. The minimum Gasteiger partial charge on any atom is -0.433 e. The fraction of sp³-hybridized carbons (Fsp3) is 0.0714. The van der Waals surface area contributed by atoms with E-state index in [2.05, 4.69) is 10.1 Å². The van der Waals surface area contributed by atoms with Crippen molar-refractivity contribution >= 4 is 28.6 Å². The lowest BCUT2D eigenvalue weighted by Crippen LogP contribution is -2.14. The van der Waals surface area contributed by atoms with E-state index in [0.29, 0.717) is 0 Å². The van der Waals surface area contributed by atoms with Crippen LogP contribution in [0.2, 0.25) is 0 Å². The fourth-order valence-electron chi connectivity index (χ4n) is 1.79. The number of para-hydroxylation sites is 2. The number of ether oxygens (including phenoxy) is 1. The zero-order chi connectivity index (χ0) is 15.4. The summed E-state index contributed by atoms with van der Waals surface area (Å²) in [5.41, 5.74) is 6.02. The van der Waals surface area contributed by atoms with Crippen molar-refractivity contribution in [3.63, 3.8) is 0 Å². The smallest absolute Gasteiger partial charge is 0.387 e. The summed E-state index contributed by atoms with van der Waals surface area (Å²) in [6.45, 7) is -2.96. The molecule has 2 aromatic rings. The van der Waals surface area contributed by atoms with E-state index in [9.17, 15) is 13.2 Å². The van der Waals surface area contributed by atoms with Crippen molar-refractivity contribution in [3.8, 4) is 5.75 Å². The first kappa shape index (κ1) is 15.1. The molecule has 0 amide bonds. The Labute approximate surface area is 124 Å². The maximum Gasteiger partial charge on any atom is 0.387 e. The first-order valence-corrected chi connectivity index (χ1v) is 6.29. The summed E-state index contributed by atoms with van der Waals surface area (Å²) in [7, 11) is 0. The van der Waals surface area contributed by atoms with Gasteiger partial charge in [-0.1, -0.05) is 30.4 Å². The molecule has 0 spiro atoms. The summed E-state index contributed by atoms with van der Waals surface area (Å²) >= 11 is 4.80. The van der Waals surface area contributed by atoms with Gasteiger partial charge in [-0.25, -0.2) is 4.39 Å². The van der Waals surface area contributed by atoms with Gasteiger partial charge in [-0.15, -0.1) is 0 Å². The van der Waals surface area contributed by atoms with Gasteiger partial charge in [0.1, 0.15) is 16.6 Å². The Balaban J connectivity index is 2.39. The molecule has 0 bridgehead atoms. The van der Waals surface area contributed by atoms with Crippen LogP contribution in [0.5, 0.6) is 5.75 Å². The predicted molar refractivity (Wildman–Crippen MR) is 78.6 cm³/mol. The summed E-state index contributed by atoms with van der Waals surface area (Å²) in [6, 6.07) is 10.3.